The maximum Gasteiger partial charge on any atom is 0.331 e. The summed E-state index contributed by atoms with van der Waals surface area (Å²) in [6, 6.07) is 0. The number of ether oxygens (including phenoxy) is 1. The van der Waals surface area contributed by atoms with Crippen molar-refractivity contribution < 1.29 is 9.84 Å². The first kappa shape index (κ1) is 21.4. The molecule has 1 saturated heterocycles. The number of aromatic nitrogens is 2. The third-order valence-electron chi connectivity index (χ3n) is 4.78. The fourth-order valence-electron chi connectivity index (χ4n) is 3.14. The molecule has 0 aromatic carbocycles. The van der Waals surface area contributed by atoms with Crippen LogP contribution in [0.4, 0.5) is 0 Å². The standard InChI is InChI=1S/C19H32N4O4/c1-2-3-4-5-6-10-23-18(25)16(17(24)21-19(23)26)15-20-8-7-9-22-11-13-27-14-12-22/h15,25H,2-14H2,1H3,(H,21,24,26). The van der Waals surface area contributed by atoms with Gasteiger partial charge in [-0.3, -0.25) is 24.2 Å². The van der Waals surface area contributed by atoms with Crippen molar-refractivity contribution in [3.05, 3.63) is 26.4 Å². The SMILES string of the molecule is CCCCCCCn1c(O)c(C=NCCCN2CCOCC2)c(=O)[nH]c1=O. The molecule has 0 unspecified atom stereocenters. The number of nitrogens with zero attached hydrogens (tertiary/aromatic N) is 3. The quantitative estimate of drug-likeness (QED) is 0.446. The zero-order valence-corrected chi connectivity index (χ0v) is 16.3. The van der Waals surface area contributed by atoms with Crippen LogP contribution in [0.15, 0.2) is 14.6 Å². The van der Waals surface area contributed by atoms with Crippen LogP contribution < -0.4 is 11.2 Å². The Balaban J connectivity index is 1.89. The topological polar surface area (TPSA) is 99.9 Å². The Morgan fingerprint density at radius 2 is 1.85 bits per heavy atom. The molecule has 8 heteroatoms. The van der Waals surface area contributed by atoms with Gasteiger partial charge in [-0.15, -0.1) is 0 Å². The van der Waals surface area contributed by atoms with Crippen LogP contribution in [0.2, 0.25) is 0 Å². The van der Waals surface area contributed by atoms with E-state index in [9.17, 15) is 14.7 Å². The third kappa shape index (κ3) is 6.95. The number of morpholine rings is 1. The first-order valence-electron chi connectivity index (χ1n) is 9.99. The minimum absolute atomic E-state index is 0.0505. The van der Waals surface area contributed by atoms with Crippen molar-refractivity contribution in [3.8, 4) is 5.88 Å². The highest BCUT2D eigenvalue weighted by Gasteiger charge is 2.12. The second kappa shape index (κ2) is 11.7. The predicted octanol–water partition coefficient (Wildman–Crippen LogP) is 1.35. The number of unbranched alkanes of at least 4 members (excludes halogenated alkanes) is 4. The van der Waals surface area contributed by atoms with E-state index >= 15 is 0 Å². The van der Waals surface area contributed by atoms with E-state index in [1.165, 1.54) is 10.8 Å². The Kier molecular flexibility index (Phi) is 9.27. The van der Waals surface area contributed by atoms with Crippen LogP contribution in [0.5, 0.6) is 5.88 Å². The Labute approximate surface area is 159 Å². The van der Waals surface area contributed by atoms with Gasteiger partial charge in [0.15, 0.2) is 0 Å². The predicted molar refractivity (Wildman–Crippen MR) is 106 cm³/mol. The average molecular weight is 380 g/mol. The summed E-state index contributed by atoms with van der Waals surface area (Å²) in [5.74, 6) is -0.295. The van der Waals surface area contributed by atoms with E-state index in [1.807, 2.05) is 0 Å². The normalized spacial score (nSPS) is 15.6. The molecule has 2 N–H and O–H groups in total. The van der Waals surface area contributed by atoms with Crippen molar-refractivity contribution in [1.82, 2.24) is 14.5 Å². The number of hydrogen-bond acceptors (Lipinski definition) is 6. The summed E-state index contributed by atoms with van der Waals surface area (Å²) in [5.41, 5.74) is -1.12. The fourth-order valence-corrected chi connectivity index (χ4v) is 3.14. The molecule has 0 saturated carbocycles. The van der Waals surface area contributed by atoms with E-state index in [2.05, 4.69) is 21.8 Å². The molecule has 1 aliphatic rings. The Hall–Kier alpha value is -1.93. The molecule has 1 aliphatic heterocycles. The van der Waals surface area contributed by atoms with Gasteiger partial charge in [0.05, 0.1) is 13.2 Å². The molecule has 2 heterocycles. The lowest BCUT2D eigenvalue weighted by Crippen LogP contribution is -2.37. The molecule has 1 aromatic rings. The molecule has 152 valence electrons. The number of aliphatic imine (C=N–C) groups is 1. The van der Waals surface area contributed by atoms with Gasteiger partial charge < -0.3 is 9.84 Å². The lowest BCUT2D eigenvalue weighted by atomic mass is 10.1. The second-order valence-corrected chi connectivity index (χ2v) is 6.91. The molecule has 0 radical (unpaired) electrons. The largest absolute Gasteiger partial charge is 0.494 e. The van der Waals surface area contributed by atoms with Crippen molar-refractivity contribution in [2.45, 2.75) is 52.0 Å². The molecular weight excluding hydrogens is 348 g/mol. The Morgan fingerprint density at radius 3 is 2.59 bits per heavy atom. The molecular formula is C19H32N4O4. The van der Waals surface area contributed by atoms with E-state index in [-0.39, 0.29) is 11.4 Å². The summed E-state index contributed by atoms with van der Waals surface area (Å²) >= 11 is 0. The molecule has 8 nitrogen and oxygen atoms in total. The van der Waals surface area contributed by atoms with Crippen molar-refractivity contribution in [3.63, 3.8) is 0 Å². The minimum Gasteiger partial charge on any atom is -0.494 e. The van der Waals surface area contributed by atoms with Crippen LogP contribution in [0.1, 0.15) is 51.0 Å². The monoisotopic (exact) mass is 380 g/mol. The van der Waals surface area contributed by atoms with Gasteiger partial charge in [-0.05, 0) is 12.8 Å². The fraction of sp³-hybridized carbons (Fsp3) is 0.737. The molecule has 0 aliphatic carbocycles. The number of H-pyrrole nitrogens is 1. The number of rotatable bonds is 11. The summed E-state index contributed by atoms with van der Waals surface area (Å²) in [6.07, 6.45) is 7.43. The van der Waals surface area contributed by atoms with E-state index in [1.54, 1.807) is 0 Å². The second-order valence-electron chi connectivity index (χ2n) is 6.91. The molecule has 1 aromatic heterocycles. The first-order valence-corrected chi connectivity index (χ1v) is 9.99. The van der Waals surface area contributed by atoms with Gasteiger partial charge in [0, 0.05) is 38.9 Å². The van der Waals surface area contributed by atoms with Gasteiger partial charge in [-0.1, -0.05) is 32.6 Å². The maximum absolute atomic E-state index is 12.0. The van der Waals surface area contributed by atoms with Gasteiger partial charge in [0.25, 0.3) is 5.56 Å². The van der Waals surface area contributed by atoms with Gasteiger partial charge in [-0.25, -0.2) is 4.79 Å². The molecule has 0 bridgehead atoms. The molecule has 27 heavy (non-hydrogen) atoms. The van der Waals surface area contributed by atoms with Crippen LogP contribution in [-0.2, 0) is 11.3 Å². The molecule has 0 amide bonds. The van der Waals surface area contributed by atoms with Crippen LogP contribution in [0.3, 0.4) is 0 Å². The summed E-state index contributed by atoms with van der Waals surface area (Å²) in [4.78, 5) is 32.8. The van der Waals surface area contributed by atoms with Crippen molar-refractivity contribution >= 4 is 6.21 Å². The van der Waals surface area contributed by atoms with Gasteiger partial charge >= 0.3 is 5.69 Å². The Bertz CT molecular complexity index is 705. The summed E-state index contributed by atoms with van der Waals surface area (Å²) in [7, 11) is 0. The summed E-state index contributed by atoms with van der Waals surface area (Å²) in [6.45, 7) is 7.44. The van der Waals surface area contributed by atoms with Gasteiger partial charge in [-0.2, -0.15) is 0 Å². The molecule has 0 atom stereocenters. The highest BCUT2D eigenvalue weighted by atomic mass is 16.5. The van der Waals surface area contributed by atoms with Crippen molar-refractivity contribution in [2.75, 3.05) is 39.4 Å². The van der Waals surface area contributed by atoms with E-state index in [4.69, 9.17) is 4.74 Å². The third-order valence-corrected chi connectivity index (χ3v) is 4.78. The van der Waals surface area contributed by atoms with E-state index in [0.29, 0.717) is 13.1 Å². The molecule has 0 spiro atoms. The van der Waals surface area contributed by atoms with Crippen molar-refractivity contribution in [1.29, 1.82) is 0 Å². The van der Waals surface area contributed by atoms with Crippen LogP contribution in [0, 0.1) is 0 Å². The maximum atomic E-state index is 12.0. The summed E-state index contributed by atoms with van der Waals surface area (Å²) in [5, 5.41) is 10.3. The first-order chi connectivity index (χ1) is 13.1. The van der Waals surface area contributed by atoms with Crippen LogP contribution in [-0.4, -0.2) is 65.2 Å². The van der Waals surface area contributed by atoms with Gasteiger partial charge in [0.1, 0.15) is 5.56 Å². The lowest BCUT2D eigenvalue weighted by Gasteiger charge is -2.26. The number of hydrogen-bond donors (Lipinski definition) is 2. The highest BCUT2D eigenvalue weighted by Crippen LogP contribution is 2.11. The number of aromatic hydroxyl groups is 1. The number of nitrogens with one attached hydrogen (secondary N) is 1. The number of aromatic amines is 1. The van der Waals surface area contributed by atoms with Gasteiger partial charge in [0.2, 0.25) is 5.88 Å². The molecule has 1 fully saturated rings. The van der Waals surface area contributed by atoms with Crippen molar-refractivity contribution in [2.24, 2.45) is 4.99 Å². The molecule has 2 rings (SSSR count). The smallest absolute Gasteiger partial charge is 0.331 e. The average Bonchev–Trinajstić information content (AvgIpc) is 2.66. The lowest BCUT2D eigenvalue weighted by molar-refractivity contribution is 0.0377. The zero-order valence-electron chi connectivity index (χ0n) is 16.3. The summed E-state index contributed by atoms with van der Waals surface area (Å²) < 4.78 is 6.54. The van der Waals surface area contributed by atoms with E-state index in [0.717, 1.165) is 71.4 Å². The van der Waals surface area contributed by atoms with Crippen LogP contribution >= 0.6 is 0 Å². The van der Waals surface area contributed by atoms with E-state index < -0.39 is 11.2 Å². The highest BCUT2D eigenvalue weighted by molar-refractivity contribution is 5.81. The zero-order chi connectivity index (χ0) is 19.5. The van der Waals surface area contributed by atoms with Crippen LogP contribution in [0.25, 0.3) is 0 Å². The minimum atomic E-state index is -0.600. The Morgan fingerprint density at radius 1 is 1.11 bits per heavy atom.